The van der Waals surface area contributed by atoms with Crippen molar-refractivity contribution in [1.29, 1.82) is 0 Å². The van der Waals surface area contributed by atoms with E-state index in [0.29, 0.717) is 28.3 Å². The van der Waals surface area contributed by atoms with Gasteiger partial charge in [-0.3, -0.25) is 0 Å². The molecule has 0 aliphatic heterocycles. The molecule has 0 aliphatic carbocycles. The van der Waals surface area contributed by atoms with Gasteiger partial charge in [-0.05, 0) is 47.5 Å². The Labute approximate surface area is 215 Å². The number of benzene rings is 2. The summed E-state index contributed by atoms with van der Waals surface area (Å²) in [6.07, 6.45) is 10.7. The normalized spacial score (nSPS) is 11.1. The molecule has 0 radical (unpaired) electrons. The molecule has 0 fully saturated rings. The number of carboxylic acid groups (broad SMARTS) is 1. The predicted octanol–water partition coefficient (Wildman–Crippen LogP) is 5.42. The minimum absolute atomic E-state index is 0.0327. The number of aliphatic carboxylic acids is 1. The van der Waals surface area contributed by atoms with Crippen LogP contribution >= 0.6 is 11.6 Å². The van der Waals surface area contributed by atoms with Gasteiger partial charge >= 0.3 is 5.97 Å². The van der Waals surface area contributed by atoms with E-state index in [0.717, 1.165) is 17.2 Å². The molecule has 182 valence electrons. The molecule has 3 aromatic heterocycles. The zero-order valence-corrected chi connectivity index (χ0v) is 19.7. The van der Waals surface area contributed by atoms with E-state index in [4.69, 9.17) is 16.7 Å². The van der Waals surface area contributed by atoms with Gasteiger partial charge in [-0.1, -0.05) is 29.8 Å². The topological polar surface area (TPSA) is 119 Å². The fraction of sp³-hybridized carbons (Fsp3) is 0. The van der Waals surface area contributed by atoms with Crippen molar-refractivity contribution < 1.29 is 14.3 Å². The van der Waals surface area contributed by atoms with Crippen LogP contribution in [0.5, 0.6) is 0 Å². The minimum atomic E-state index is -1.04. The van der Waals surface area contributed by atoms with E-state index in [1.165, 1.54) is 30.6 Å². The van der Waals surface area contributed by atoms with Gasteiger partial charge < -0.3 is 10.4 Å². The first-order chi connectivity index (χ1) is 18.0. The Hall–Kier alpha value is -4.96. The maximum Gasteiger partial charge on any atom is 0.328 e. The first-order valence-electron chi connectivity index (χ1n) is 10.9. The number of aromatic nitrogens is 6. The Kier molecular flexibility index (Phi) is 6.64. The molecule has 0 spiro atoms. The number of hydrogen-bond donors (Lipinski definition) is 2. The lowest BCUT2D eigenvalue weighted by molar-refractivity contribution is -0.131. The molecular weight excluding hydrogens is 497 g/mol. The highest BCUT2D eigenvalue weighted by Gasteiger charge is 2.15. The number of rotatable bonds is 7. The lowest BCUT2D eigenvalue weighted by Gasteiger charge is -2.12. The van der Waals surface area contributed by atoms with E-state index in [1.807, 2.05) is 18.2 Å². The highest BCUT2D eigenvalue weighted by molar-refractivity contribution is 6.31. The summed E-state index contributed by atoms with van der Waals surface area (Å²) in [6.45, 7) is 0. The summed E-state index contributed by atoms with van der Waals surface area (Å²) in [6, 6.07) is 13.3. The van der Waals surface area contributed by atoms with Crippen molar-refractivity contribution in [1.82, 2.24) is 29.7 Å². The highest BCUT2D eigenvalue weighted by atomic mass is 35.5. The summed E-state index contributed by atoms with van der Waals surface area (Å²) < 4.78 is 15.2. The Morgan fingerprint density at radius 2 is 1.97 bits per heavy atom. The first kappa shape index (κ1) is 23.8. The SMILES string of the molecule is O=C(O)/C=C/c1cccc(-c2cnc(Nc3ccc(F)c(Cl)c3)nc2-n2cc(-c3ccncn3)cn2)c1. The second-order valence-corrected chi connectivity index (χ2v) is 8.16. The van der Waals surface area contributed by atoms with Gasteiger partial charge in [0, 0.05) is 41.5 Å². The van der Waals surface area contributed by atoms with Gasteiger partial charge in [0.25, 0.3) is 0 Å². The molecule has 5 rings (SSSR count). The van der Waals surface area contributed by atoms with Crippen LogP contribution in [0.3, 0.4) is 0 Å². The van der Waals surface area contributed by atoms with Gasteiger partial charge in [0.1, 0.15) is 12.1 Å². The zero-order valence-electron chi connectivity index (χ0n) is 19.0. The largest absolute Gasteiger partial charge is 0.478 e. The maximum atomic E-state index is 13.6. The molecule has 37 heavy (non-hydrogen) atoms. The molecule has 0 aliphatic rings. The van der Waals surface area contributed by atoms with Crippen molar-refractivity contribution in [3.05, 3.63) is 102 Å². The molecular formula is C26H17ClFN7O2. The van der Waals surface area contributed by atoms with E-state index in [9.17, 15) is 9.18 Å². The zero-order chi connectivity index (χ0) is 25.8. The molecule has 9 nitrogen and oxygen atoms in total. The van der Waals surface area contributed by atoms with Gasteiger partial charge in [-0.25, -0.2) is 28.8 Å². The van der Waals surface area contributed by atoms with Crippen LogP contribution in [0.25, 0.3) is 34.3 Å². The van der Waals surface area contributed by atoms with E-state index in [-0.39, 0.29) is 11.0 Å². The standard InChI is InChI=1S/C26H17ClFN7O2/c27-21-11-19(5-6-22(21)28)33-26-30-13-20(17-3-1-2-16(10-17)4-7-24(36)37)25(34-26)35-14-18(12-32-35)23-8-9-29-15-31-23/h1-15H,(H,36,37)(H,30,33,34)/b7-4+. The van der Waals surface area contributed by atoms with Crippen LogP contribution in [0.1, 0.15) is 5.56 Å². The van der Waals surface area contributed by atoms with Crippen molar-refractivity contribution in [2.75, 3.05) is 5.32 Å². The predicted molar refractivity (Wildman–Crippen MR) is 137 cm³/mol. The maximum absolute atomic E-state index is 13.6. The van der Waals surface area contributed by atoms with Gasteiger partial charge in [-0.15, -0.1) is 0 Å². The number of nitrogens with one attached hydrogen (secondary N) is 1. The molecule has 0 bridgehead atoms. The molecule has 11 heteroatoms. The summed E-state index contributed by atoms with van der Waals surface area (Å²) in [5.41, 5.74) is 4.04. The lowest BCUT2D eigenvalue weighted by Crippen LogP contribution is -2.06. The number of carbonyl (C=O) groups is 1. The third-order valence-corrected chi connectivity index (χ3v) is 5.53. The highest BCUT2D eigenvalue weighted by Crippen LogP contribution is 2.29. The summed E-state index contributed by atoms with van der Waals surface area (Å²) >= 11 is 5.91. The lowest BCUT2D eigenvalue weighted by atomic mass is 10.0. The van der Waals surface area contributed by atoms with Gasteiger partial charge in [-0.2, -0.15) is 10.1 Å². The third kappa shape index (κ3) is 5.49. The monoisotopic (exact) mass is 513 g/mol. The molecule has 2 N–H and O–H groups in total. The number of hydrogen-bond acceptors (Lipinski definition) is 7. The summed E-state index contributed by atoms with van der Waals surface area (Å²) in [5.74, 6) is -0.887. The smallest absolute Gasteiger partial charge is 0.328 e. The number of nitrogens with zero attached hydrogens (tertiary/aromatic N) is 6. The van der Waals surface area contributed by atoms with Gasteiger partial charge in [0.15, 0.2) is 5.82 Å². The van der Waals surface area contributed by atoms with Crippen LogP contribution in [0.2, 0.25) is 5.02 Å². The van der Waals surface area contributed by atoms with Crippen molar-refractivity contribution in [3.63, 3.8) is 0 Å². The molecule has 3 heterocycles. The second kappa shape index (κ2) is 10.3. The molecule has 0 saturated heterocycles. The quantitative estimate of drug-likeness (QED) is 0.277. The summed E-state index contributed by atoms with van der Waals surface area (Å²) in [5, 5.41) is 16.5. The van der Waals surface area contributed by atoms with Crippen LogP contribution in [-0.2, 0) is 4.79 Å². The molecule has 0 amide bonds. The van der Waals surface area contributed by atoms with E-state index >= 15 is 0 Å². The minimum Gasteiger partial charge on any atom is -0.478 e. The summed E-state index contributed by atoms with van der Waals surface area (Å²) in [7, 11) is 0. The fourth-order valence-corrected chi connectivity index (χ4v) is 3.70. The second-order valence-electron chi connectivity index (χ2n) is 7.75. The van der Waals surface area contributed by atoms with Gasteiger partial charge in [0.2, 0.25) is 5.95 Å². The Morgan fingerprint density at radius 1 is 1.08 bits per heavy atom. The van der Waals surface area contributed by atoms with E-state index < -0.39 is 11.8 Å². The average molecular weight is 514 g/mol. The average Bonchev–Trinajstić information content (AvgIpc) is 3.41. The third-order valence-electron chi connectivity index (χ3n) is 5.24. The number of halogens is 2. The molecule has 5 aromatic rings. The van der Waals surface area contributed by atoms with E-state index in [1.54, 1.807) is 41.6 Å². The molecule has 0 unspecified atom stereocenters. The van der Waals surface area contributed by atoms with E-state index in [2.05, 4.69) is 30.4 Å². The van der Waals surface area contributed by atoms with Crippen molar-refractivity contribution in [3.8, 4) is 28.2 Å². The molecule has 0 atom stereocenters. The van der Waals surface area contributed by atoms with Crippen LogP contribution < -0.4 is 5.32 Å². The van der Waals surface area contributed by atoms with Crippen molar-refractivity contribution in [2.24, 2.45) is 0 Å². The van der Waals surface area contributed by atoms with Gasteiger partial charge in [0.05, 0.1) is 16.9 Å². The first-order valence-corrected chi connectivity index (χ1v) is 11.3. The Balaban J connectivity index is 1.59. The fourth-order valence-electron chi connectivity index (χ4n) is 3.52. The van der Waals surface area contributed by atoms with Crippen LogP contribution in [-0.4, -0.2) is 40.8 Å². The molecule has 2 aromatic carbocycles. The number of carboxylic acids is 1. The van der Waals surface area contributed by atoms with Crippen molar-refractivity contribution >= 4 is 35.3 Å². The number of anilines is 2. The Bertz CT molecular complexity index is 1620. The van der Waals surface area contributed by atoms with Crippen LogP contribution in [0.15, 0.2) is 85.7 Å². The van der Waals surface area contributed by atoms with Crippen LogP contribution in [0, 0.1) is 5.82 Å². The van der Waals surface area contributed by atoms with Crippen molar-refractivity contribution in [2.45, 2.75) is 0 Å². The summed E-state index contributed by atoms with van der Waals surface area (Å²) in [4.78, 5) is 28.3. The van der Waals surface area contributed by atoms with Crippen LogP contribution in [0.4, 0.5) is 16.0 Å². The molecule has 0 saturated carbocycles. The Morgan fingerprint density at radius 3 is 2.76 bits per heavy atom.